The van der Waals surface area contributed by atoms with Gasteiger partial charge < -0.3 is 10.4 Å². The third kappa shape index (κ3) is 11.7. The Morgan fingerprint density at radius 3 is 2.17 bits per heavy atom. The Labute approximate surface area is 257 Å². The van der Waals surface area contributed by atoms with Crippen molar-refractivity contribution in [2.45, 2.75) is 33.2 Å². The maximum atomic E-state index is 9.72. The number of carbonyl (C=O) groups excluding carboxylic acids is 1. The van der Waals surface area contributed by atoms with Crippen molar-refractivity contribution in [1.29, 1.82) is 0 Å². The molecule has 0 aliphatic heterocycles. The Hall–Kier alpha value is -4.20. The van der Waals surface area contributed by atoms with Crippen molar-refractivity contribution in [3.05, 3.63) is 114 Å². The zero-order chi connectivity index (χ0) is 30.7. The summed E-state index contributed by atoms with van der Waals surface area (Å²) in [5, 5.41) is 15.1. The number of aromatic nitrogens is 3. The van der Waals surface area contributed by atoms with Crippen molar-refractivity contribution >= 4 is 41.2 Å². The molecular weight excluding hydrogens is 571 g/mol. The summed E-state index contributed by atoms with van der Waals surface area (Å²) in [6.07, 6.45) is 6.65. The second-order valence-corrected chi connectivity index (χ2v) is 9.62. The number of rotatable bonds is 11. The SMILES string of the molecule is C=C(CC)c1cc(-c2ccc(-c3ccncc3)cc2)n(Cc2ccc(C)cc2)n1.Cl/C=C/CCl.O=CNCCC(=O)O. The fourth-order valence-corrected chi connectivity index (χ4v) is 3.91. The lowest BCUT2D eigenvalue weighted by atomic mass is 10.0. The van der Waals surface area contributed by atoms with Crippen LogP contribution in [0.25, 0.3) is 28.0 Å². The van der Waals surface area contributed by atoms with E-state index in [-0.39, 0.29) is 13.0 Å². The molecule has 220 valence electrons. The molecule has 2 aromatic heterocycles. The summed E-state index contributed by atoms with van der Waals surface area (Å²) in [5.74, 6) is -0.400. The predicted molar refractivity (Wildman–Crippen MR) is 173 cm³/mol. The highest BCUT2D eigenvalue weighted by molar-refractivity contribution is 6.26. The first-order valence-corrected chi connectivity index (χ1v) is 14.3. The molecule has 0 fully saturated rings. The van der Waals surface area contributed by atoms with Gasteiger partial charge >= 0.3 is 5.97 Å². The number of carboxylic acids is 1. The van der Waals surface area contributed by atoms with Gasteiger partial charge in [0, 0.05) is 30.4 Å². The Kier molecular flexibility index (Phi) is 15.4. The molecule has 1 amide bonds. The highest BCUT2D eigenvalue weighted by atomic mass is 35.5. The Bertz CT molecular complexity index is 1420. The van der Waals surface area contributed by atoms with Crippen molar-refractivity contribution in [3.63, 3.8) is 0 Å². The van der Waals surface area contributed by atoms with Gasteiger partial charge in [-0.05, 0) is 59.4 Å². The van der Waals surface area contributed by atoms with Crippen LogP contribution in [-0.2, 0) is 16.1 Å². The van der Waals surface area contributed by atoms with Gasteiger partial charge in [-0.3, -0.25) is 19.3 Å². The van der Waals surface area contributed by atoms with Crippen LogP contribution < -0.4 is 5.32 Å². The van der Waals surface area contributed by atoms with Crippen LogP contribution in [-0.4, -0.2) is 44.7 Å². The molecule has 9 heteroatoms. The summed E-state index contributed by atoms with van der Waals surface area (Å²) < 4.78 is 2.09. The normalized spacial score (nSPS) is 10.2. The van der Waals surface area contributed by atoms with E-state index in [9.17, 15) is 9.59 Å². The van der Waals surface area contributed by atoms with Crippen LogP contribution in [0.2, 0.25) is 0 Å². The van der Waals surface area contributed by atoms with Gasteiger partial charge in [0.1, 0.15) is 0 Å². The van der Waals surface area contributed by atoms with Crippen molar-refractivity contribution < 1.29 is 14.7 Å². The minimum atomic E-state index is -0.903. The lowest BCUT2D eigenvalue weighted by Gasteiger charge is -2.09. The average Bonchev–Trinajstić information content (AvgIpc) is 3.43. The molecular formula is C33H36Cl2N4O3. The number of allylic oxidation sites excluding steroid dienone is 2. The van der Waals surface area contributed by atoms with Gasteiger partial charge in [-0.15, -0.1) is 11.6 Å². The number of aryl methyl sites for hydroxylation is 1. The van der Waals surface area contributed by atoms with E-state index < -0.39 is 5.97 Å². The number of pyridine rings is 1. The molecule has 0 aliphatic rings. The third-order valence-electron chi connectivity index (χ3n) is 5.96. The van der Waals surface area contributed by atoms with Crippen molar-refractivity contribution in [1.82, 2.24) is 20.1 Å². The number of nitrogens with one attached hydrogen (secondary N) is 1. The largest absolute Gasteiger partial charge is 0.481 e. The van der Waals surface area contributed by atoms with Crippen LogP contribution in [0, 0.1) is 6.92 Å². The number of aliphatic carboxylic acids is 1. The van der Waals surface area contributed by atoms with Crippen LogP contribution in [0.15, 0.2) is 97.3 Å². The lowest BCUT2D eigenvalue weighted by Crippen LogP contribution is -2.15. The van der Waals surface area contributed by atoms with Crippen LogP contribution >= 0.6 is 23.2 Å². The molecule has 0 atom stereocenters. The summed E-state index contributed by atoms with van der Waals surface area (Å²) in [6.45, 7) is 9.35. The van der Waals surface area contributed by atoms with Crippen molar-refractivity contribution in [3.8, 4) is 22.4 Å². The van der Waals surface area contributed by atoms with E-state index in [4.69, 9.17) is 33.4 Å². The number of alkyl halides is 1. The minimum absolute atomic E-state index is 0.0151. The fraction of sp³-hybridized carbons (Fsp3) is 0.212. The molecule has 0 saturated heterocycles. The first-order valence-electron chi connectivity index (χ1n) is 13.3. The zero-order valence-corrected chi connectivity index (χ0v) is 25.4. The van der Waals surface area contributed by atoms with Gasteiger partial charge in [0.15, 0.2) is 0 Å². The highest BCUT2D eigenvalue weighted by Gasteiger charge is 2.12. The van der Waals surface area contributed by atoms with E-state index in [2.05, 4.69) is 90.0 Å². The number of carboxylic acid groups (broad SMARTS) is 1. The van der Waals surface area contributed by atoms with E-state index >= 15 is 0 Å². The average molecular weight is 608 g/mol. The van der Waals surface area contributed by atoms with Gasteiger partial charge in [0.25, 0.3) is 0 Å². The van der Waals surface area contributed by atoms with Crippen molar-refractivity contribution in [2.75, 3.05) is 12.4 Å². The number of hydrogen-bond donors (Lipinski definition) is 2. The summed E-state index contributed by atoms with van der Waals surface area (Å²) in [7, 11) is 0. The van der Waals surface area contributed by atoms with Gasteiger partial charge in [-0.2, -0.15) is 5.10 Å². The maximum absolute atomic E-state index is 9.72. The Morgan fingerprint density at radius 2 is 1.64 bits per heavy atom. The summed E-state index contributed by atoms with van der Waals surface area (Å²) in [6, 6.07) is 23.5. The summed E-state index contributed by atoms with van der Waals surface area (Å²) in [5.41, 5.74) is 10.5. The second-order valence-electron chi connectivity index (χ2n) is 9.06. The molecule has 2 heterocycles. The molecule has 4 aromatic rings. The first kappa shape index (κ1) is 34.0. The monoisotopic (exact) mass is 606 g/mol. The van der Waals surface area contributed by atoms with Crippen LogP contribution in [0.1, 0.15) is 36.6 Å². The van der Waals surface area contributed by atoms with Crippen LogP contribution in [0.4, 0.5) is 0 Å². The van der Waals surface area contributed by atoms with Gasteiger partial charge in [0.05, 0.1) is 24.4 Å². The third-order valence-corrected chi connectivity index (χ3v) is 6.32. The van der Waals surface area contributed by atoms with Gasteiger partial charge in [-0.1, -0.05) is 85.3 Å². The quantitative estimate of drug-likeness (QED) is 0.104. The Morgan fingerprint density at radius 1 is 1.02 bits per heavy atom. The van der Waals surface area contributed by atoms with E-state index in [1.165, 1.54) is 27.8 Å². The molecule has 0 unspecified atom stereocenters. The van der Waals surface area contributed by atoms with E-state index in [1.807, 2.05) is 24.5 Å². The number of hydrogen-bond acceptors (Lipinski definition) is 4. The number of amides is 1. The van der Waals surface area contributed by atoms with Crippen LogP contribution in [0.5, 0.6) is 0 Å². The first-order chi connectivity index (χ1) is 20.3. The summed E-state index contributed by atoms with van der Waals surface area (Å²) >= 11 is 10.2. The standard InChI is InChI=1S/C26H25N3.C4H7NO3.C3H4Cl2/c1-4-20(3)25-17-26(29(28-25)18-21-7-5-19(2)6-8-21)24-11-9-22(10-12-24)23-13-15-27-16-14-23;6-3-5-2-1-4(7)8;4-2-1-3-5/h5-17H,3-4,18H2,1-2H3;3H,1-2H2,(H,5,6)(H,7,8);1-2H,3H2/b;;2-1+. The van der Waals surface area contributed by atoms with Crippen LogP contribution in [0.3, 0.4) is 0 Å². The molecule has 4 rings (SSSR count). The molecule has 7 nitrogen and oxygen atoms in total. The smallest absolute Gasteiger partial charge is 0.305 e. The van der Waals surface area contributed by atoms with E-state index in [0.29, 0.717) is 12.3 Å². The molecule has 0 saturated carbocycles. The lowest BCUT2D eigenvalue weighted by molar-refractivity contribution is -0.136. The van der Waals surface area contributed by atoms with E-state index in [1.54, 1.807) is 6.08 Å². The zero-order valence-electron chi connectivity index (χ0n) is 23.8. The van der Waals surface area contributed by atoms with E-state index in [0.717, 1.165) is 35.5 Å². The minimum Gasteiger partial charge on any atom is -0.481 e. The fourth-order valence-electron chi connectivity index (χ4n) is 3.64. The molecule has 0 aliphatic carbocycles. The van der Waals surface area contributed by atoms with Gasteiger partial charge in [0.2, 0.25) is 6.41 Å². The molecule has 0 bridgehead atoms. The Balaban J connectivity index is 0.000000398. The predicted octanol–water partition coefficient (Wildman–Crippen LogP) is 7.58. The molecule has 0 spiro atoms. The number of carbonyl (C=O) groups is 2. The molecule has 0 radical (unpaired) electrons. The molecule has 42 heavy (non-hydrogen) atoms. The number of benzene rings is 2. The number of nitrogens with zero attached hydrogens (tertiary/aromatic N) is 3. The van der Waals surface area contributed by atoms with Crippen molar-refractivity contribution in [2.24, 2.45) is 0 Å². The molecule has 2 aromatic carbocycles. The van der Waals surface area contributed by atoms with Gasteiger partial charge in [-0.25, -0.2) is 0 Å². The highest BCUT2D eigenvalue weighted by Crippen LogP contribution is 2.28. The molecule has 2 N–H and O–H groups in total. The second kappa shape index (κ2) is 19.0. The summed E-state index contributed by atoms with van der Waals surface area (Å²) in [4.78, 5) is 23.3. The topological polar surface area (TPSA) is 97.1 Å². The maximum Gasteiger partial charge on any atom is 0.305 e. The number of halogens is 2.